The predicted octanol–water partition coefficient (Wildman–Crippen LogP) is 2.88. The van der Waals surface area contributed by atoms with Gasteiger partial charge in [-0.2, -0.15) is 0 Å². The van der Waals surface area contributed by atoms with Crippen molar-refractivity contribution in [1.29, 1.82) is 0 Å². The quantitative estimate of drug-likeness (QED) is 0.640. The zero-order chi connectivity index (χ0) is 22.9. The van der Waals surface area contributed by atoms with Crippen LogP contribution in [0.2, 0.25) is 0 Å². The van der Waals surface area contributed by atoms with E-state index >= 15 is 0 Å². The highest BCUT2D eigenvalue weighted by Gasteiger charge is 2.32. The molecule has 1 saturated carbocycles. The molecule has 0 bridgehead atoms. The first kappa shape index (κ1) is 21.6. The smallest absolute Gasteiger partial charge is 0.269 e. The van der Waals surface area contributed by atoms with E-state index in [0.29, 0.717) is 17.1 Å². The van der Waals surface area contributed by atoms with Gasteiger partial charge in [0.1, 0.15) is 11.5 Å². The number of amides is 1. The topological polar surface area (TPSA) is 81.3 Å². The maximum Gasteiger partial charge on any atom is 0.269 e. The average molecular weight is 450 g/mol. The van der Waals surface area contributed by atoms with Crippen molar-refractivity contribution in [3.63, 3.8) is 0 Å². The zero-order valence-corrected chi connectivity index (χ0v) is 18.7. The first-order chi connectivity index (χ1) is 16.0. The predicted molar refractivity (Wildman–Crippen MR) is 126 cm³/mol. The van der Waals surface area contributed by atoms with Gasteiger partial charge in [-0.3, -0.25) is 14.5 Å². The molecule has 1 saturated heterocycles. The third-order valence-corrected chi connectivity index (χ3v) is 7.09. The van der Waals surface area contributed by atoms with Crippen LogP contribution in [0.3, 0.4) is 0 Å². The van der Waals surface area contributed by atoms with E-state index in [9.17, 15) is 14.0 Å². The molecular formula is C25H28FN5O2. The number of fused-ring (bicyclic) bond motifs is 1. The summed E-state index contributed by atoms with van der Waals surface area (Å²) in [6.45, 7) is 3.75. The SMILES string of the molecule is CNC(=O)c1ccc(N2CCN(C3CCC(c4cc5cccc(F)c5c(=O)[nH]4)C3)CC2)cn1. The molecule has 172 valence electrons. The summed E-state index contributed by atoms with van der Waals surface area (Å²) < 4.78 is 14.0. The van der Waals surface area contributed by atoms with Crippen LogP contribution in [-0.2, 0) is 0 Å². The number of aromatic amines is 1. The van der Waals surface area contributed by atoms with Crippen molar-refractivity contribution in [1.82, 2.24) is 20.2 Å². The molecule has 8 heteroatoms. The summed E-state index contributed by atoms with van der Waals surface area (Å²) in [5.74, 6) is -0.365. The molecule has 2 aliphatic rings. The largest absolute Gasteiger partial charge is 0.368 e. The number of rotatable bonds is 4. The second kappa shape index (κ2) is 8.94. The van der Waals surface area contributed by atoms with E-state index in [2.05, 4.69) is 25.1 Å². The van der Waals surface area contributed by atoms with E-state index in [0.717, 1.165) is 56.8 Å². The van der Waals surface area contributed by atoms with E-state index in [1.165, 1.54) is 6.07 Å². The second-order valence-electron chi connectivity index (χ2n) is 8.93. The summed E-state index contributed by atoms with van der Waals surface area (Å²) in [5.41, 5.74) is 2.04. The van der Waals surface area contributed by atoms with Gasteiger partial charge < -0.3 is 15.2 Å². The molecule has 7 nitrogen and oxygen atoms in total. The summed E-state index contributed by atoms with van der Waals surface area (Å²) in [4.78, 5) is 36.2. The first-order valence-electron chi connectivity index (χ1n) is 11.5. The molecule has 5 rings (SSSR count). The van der Waals surface area contributed by atoms with E-state index in [1.807, 2.05) is 12.1 Å². The summed E-state index contributed by atoms with van der Waals surface area (Å²) in [7, 11) is 1.60. The van der Waals surface area contributed by atoms with Crippen LogP contribution in [-0.4, -0.2) is 60.0 Å². The van der Waals surface area contributed by atoms with Crippen LogP contribution in [0.25, 0.3) is 10.8 Å². The number of piperazine rings is 1. The second-order valence-corrected chi connectivity index (χ2v) is 8.93. The number of hydrogen-bond acceptors (Lipinski definition) is 5. The standard InChI is InChI=1S/C25H28FN5O2/c1-27-24(32)21-8-7-19(15-28-21)31-11-9-30(10-12-31)18-6-5-16(13-18)22-14-17-3-2-4-20(26)23(17)25(33)29-22/h2-4,7-8,14-16,18H,5-6,9-13H2,1H3,(H,27,32)(H,29,33). The normalized spacial score (nSPS) is 21.5. The number of nitrogens with one attached hydrogen (secondary N) is 2. The van der Waals surface area contributed by atoms with Crippen molar-refractivity contribution in [2.45, 2.75) is 31.2 Å². The molecule has 1 aromatic carbocycles. The van der Waals surface area contributed by atoms with Gasteiger partial charge in [0.2, 0.25) is 0 Å². The van der Waals surface area contributed by atoms with Crippen LogP contribution in [0.15, 0.2) is 47.4 Å². The molecular weight excluding hydrogens is 421 g/mol. The number of H-pyrrole nitrogens is 1. The van der Waals surface area contributed by atoms with Gasteiger partial charge in [-0.1, -0.05) is 12.1 Å². The first-order valence-corrected chi connectivity index (χ1v) is 11.5. The van der Waals surface area contributed by atoms with Crippen LogP contribution >= 0.6 is 0 Å². The van der Waals surface area contributed by atoms with Gasteiger partial charge >= 0.3 is 0 Å². The summed E-state index contributed by atoms with van der Waals surface area (Å²) in [6, 6.07) is 10.9. The number of hydrogen-bond donors (Lipinski definition) is 2. The van der Waals surface area contributed by atoms with Gasteiger partial charge in [0.15, 0.2) is 0 Å². The Hall–Kier alpha value is -3.26. The van der Waals surface area contributed by atoms with Crippen LogP contribution in [0.1, 0.15) is 41.4 Å². The third-order valence-electron chi connectivity index (χ3n) is 7.09. The van der Waals surface area contributed by atoms with Gasteiger partial charge in [-0.25, -0.2) is 9.37 Å². The van der Waals surface area contributed by atoms with Crippen LogP contribution in [0.4, 0.5) is 10.1 Å². The Morgan fingerprint density at radius 2 is 1.97 bits per heavy atom. The van der Waals surface area contributed by atoms with E-state index in [1.54, 1.807) is 31.4 Å². The number of nitrogens with zero attached hydrogens (tertiary/aromatic N) is 3. The zero-order valence-electron chi connectivity index (χ0n) is 18.7. The molecule has 1 aliphatic carbocycles. The Balaban J connectivity index is 1.21. The molecule has 33 heavy (non-hydrogen) atoms. The fourth-order valence-corrected chi connectivity index (χ4v) is 5.27. The molecule has 3 aromatic rings. The van der Waals surface area contributed by atoms with Crippen LogP contribution < -0.4 is 15.8 Å². The average Bonchev–Trinajstić information content (AvgIpc) is 3.34. The number of anilines is 1. The van der Waals surface area contributed by atoms with Gasteiger partial charge in [-0.05, 0) is 48.9 Å². The lowest BCUT2D eigenvalue weighted by atomic mass is 10.00. The highest BCUT2D eigenvalue weighted by atomic mass is 19.1. The third kappa shape index (κ3) is 4.23. The minimum atomic E-state index is -0.471. The Bertz CT molecular complexity index is 1220. The molecule has 2 unspecified atom stereocenters. The maximum atomic E-state index is 14.0. The number of aromatic nitrogens is 2. The van der Waals surface area contributed by atoms with Crippen LogP contribution in [0, 0.1) is 5.82 Å². The Kier molecular flexibility index (Phi) is 5.85. The summed E-state index contributed by atoms with van der Waals surface area (Å²) >= 11 is 0. The number of halogens is 1. The van der Waals surface area contributed by atoms with Crippen molar-refractivity contribution >= 4 is 22.4 Å². The van der Waals surface area contributed by atoms with Crippen molar-refractivity contribution < 1.29 is 9.18 Å². The lowest BCUT2D eigenvalue weighted by Gasteiger charge is -2.39. The van der Waals surface area contributed by atoms with Crippen molar-refractivity contribution in [3.8, 4) is 0 Å². The fraction of sp³-hybridized carbons (Fsp3) is 0.400. The minimum Gasteiger partial charge on any atom is -0.368 e. The van der Waals surface area contributed by atoms with E-state index in [4.69, 9.17) is 0 Å². The highest BCUT2D eigenvalue weighted by molar-refractivity contribution is 5.92. The Morgan fingerprint density at radius 3 is 2.70 bits per heavy atom. The van der Waals surface area contributed by atoms with Crippen molar-refractivity contribution in [2.75, 3.05) is 38.1 Å². The van der Waals surface area contributed by atoms with Crippen molar-refractivity contribution in [3.05, 3.63) is 70.2 Å². The summed E-state index contributed by atoms with van der Waals surface area (Å²) in [6.07, 6.45) is 4.88. The molecule has 0 radical (unpaired) electrons. The van der Waals surface area contributed by atoms with Gasteiger partial charge in [0.05, 0.1) is 17.3 Å². The molecule has 3 heterocycles. The molecule has 2 fully saturated rings. The Morgan fingerprint density at radius 1 is 1.15 bits per heavy atom. The number of carbonyl (C=O) groups is 1. The fourth-order valence-electron chi connectivity index (χ4n) is 5.27. The van der Waals surface area contributed by atoms with Crippen molar-refractivity contribution in [2.24, 2.45) is 0 Å². The maximum absolute atomic E-state index is 14.0. The van der Waals surface area contributed by atoms with Gasteiger partial charge in [0.25, 0.3) is 11.5 Å². The lowest BCUT2D eigenvalue weighted by Crippen LogP contribution is -2.49. The van der Waals surface area contributed by atoms with E-state index in [-0.39, 0.29) is 22.8 Å². The molecule has 2 N–H and O–H groups in total. The molecule has 2 aromatic heterocycles. The molecule has 2 atom stereocenters. The van der Waals surface area contributed by atoms with E-state index < -0.39 is 5.82 Å². The molecule has 1 aliphatic heterocycles. The summed E-state index contributed by atoms with van der Waals surface area (Å²) in [5, 5.41) is 3.40. The molecule has 0 spiro atoms. The number of benzene rings is 1. The van der Waals surface area contributed by atoms with Gasteiger partial charge in [0, 0.05) is 50.9 Å². The number of pyridine rings is 2. The number of carbonyl (C=O) groups excluding carboxylic acids is 1. The monoisotopic (exact) mass is 449 g/mol. The highest BCUT2D eigenvalue weighted by Crippen LogP contribution is 2.37. The molecule has 1 amide bonds. The Labute approximate surface area is 191 Å². The minimum absolute atomic E-state index is 0.143. The van der Waals surface area contributed by atoms with Crippen LogP contribution in [0.5, 0.6) is 0 Å². The van der Waals surface area contributed by atoms with Gasteiger partial charge in [-0.15, -0.1) is 0 Å². The lowest BCUT2D eigenvalue weighted by molar-refractivity contribution is 0.0958.